The Morgan fingerprint density at radius 3 is 3.11 bits per heavy atom. The fourth-order valence-electron chi connectivity index (χ4n) is 2.40. The minimum absolute atomic E-state index is 0.254. The van der Waals surface area contributed by atoms with E-state index in [9.17, 15) is 0 Å². The molecule has 0 saturated carbocycles. The number of aryl methyl sites for hydroxylation is 1. The van der Waals surface area contributed by atoms with Gasteiger partial charge in [0.2, 0.25) is 0 Å². The van der Waals surface area contributed by atoms with Crippen LogP contribution in [0, 0.1) is 6.92 Å². The third-order valence-corrected chi connectivity index (χ3v) is 3.35. The Balaban J connectivity index is 1.80. The number of hydrogen-bond donors (Lipinski definition) is 2. The van der Waals surface area contributed by atoms with Crippen molar-refractivity contribution in [2.45, 2.75) is 25.8 Å². The summed E-state index contributed by atoms with van der Waals surface area (Å²) >= 11 is 0. The minimum atomic E-state index is 0.254. The molecule has 1 atom stereocenters. The van der Waals surface area contributed by atoms with E-state index in [1.807, 2.05) is 25.1 Å². The lowest BCUT2D eigenvalue weighted by molar-refractivity contribution is 0.503. The monoisotopic (exact) mass is 246 g/mol. The van der Waals surface area contributed by atoms with Gasteiger partial charge >= 0.3 is 0 Å². The molecule has 1 aliphatic rings. The lowest BCUT2D eigenvalue weighted by Gasteiger charge is -2.30. The molecule has 2 aromatic rings. The number of nitrogens with two attached hydrogens (primary N) is 1. The highest BCUT2D eigenvalue weighted by Gasteiger charge is 2.19. The molecule has 3 rings (SSSR count). The molecule has 0 aliphatic carbocycles. The fourth-order valence-corrected chi connectivity index (χ4v) is 2.40. The molecule has 0 spiro atoms. The van der Waals surface area contributed by atoms with E-state index in [4.69, 9.17) is 10.2 Å². The van der Waals surface area contributed by atoms with Gasteiger partial charge in [0.25, 0.3) is 0 Å². The Bertz CT molecular complexity index is 531. The maximum atomic E-state index is 5.99. The van der Waals surface area contributed by atoms with Crippen molar-refractivity contribution in [2.75, 3.05) is 18.0 Å². The Hall–Kier alpha value is -1.75. The van der Waals surface area contributed by atoms with Crippen LogP contribution in [0.2, 0.25) is 0 Å². The zero-order chi connectivity index (χ0) is 12.5. The van der Waals surface area contributed by atoms with Gasteiger partial charge in [0.05, 0.1) is 0 Å². The van der Waals surface area contributed by atoms with Gasteiger partial charge in [0.1, 0.15) is 11.5 Å². The van der Waals surface area contributed by atoms with Crippen LogP contribution in [-0.2, 0) is 0 Å². The summed E-state index contributed by atoms with van der Waals surface area (Å²) in [6.45, 7) is 3.83. The third-order valence-electron chi connectivity index (χ3n) is 3.35. The Kier molecular flexibility index (Phi) is 2.83. The predicted molar refractivity (Wildman–Crippen MR) is 70.4 cm³/mol. The molecular weight excluding hydrogens is 228 g/mol. The van der Waals surface area contributed by atoms with Gasteiger partial charge in [-0.2, -0.15) is 5.10 Å². The van der Waals surface area contributed by atoms with E-state index in [1.54, 1.807) is 0 Å². The molecule has 0 amide bonds. The van der Waals surface area contributed by atoms with Gasteiger partial charge in [-0.25, -0.2) is 0 Å². The van der Waals surface area contributed by atoms with E-state index in [2.05, 4.69) is 15.1 Å². The first kappa shape index (κ1) is 11.3. The molecule has 1 aliphatic heterocycles. The highest BCUT2D eigenvalue weighted by molar-refractivity contribution is 5.58. The van der Waals surface area contributed by atoms with Crippen LogP contribution < -0.4 is 10.6 Å². The smallest absolute Gasteiger partial charge is 0.152 e. The zero-order valence-corrected chi connectivity index (χ0v) is 10.5. The quantitative estimate of drug-likeness (QED) is 0.849. The van der Waals surface area contributed by atoms with E-state index in [0.717, 1.165) is 49.0 Å². The summed E-state index contributed by atoms with van der Waals surface area (Å²) in [4.78, 5) is 2.23. The van der Waals surface area contributed by atoms with E-state index in [0.29, 0.717) is 0 Å². The molecule has 3 heterocycles. The molecule has 2 aromatic heterocycles. The second-order valence-electron chi connectivity index (χ2n) is 4.90. The highest BCUT2D eigenvalue weighted by atomic mass is 16.3. The van der Waals surface area contributed by atoms with Crippen LogP contribution in [0.3, 0.4) is 0 Å². The lowest BCUT2D eigenvalue weighted by atomic mass is 10.1. The van der Waals surface area contributed by atoms with Crippen molar-refractivity contribution < 1.29 is 4.42 Å². The molecule has 1 unspecified atom stereocenters. The van der Waals surface area contributed by atoms with Gasteiger partial charge < -0.3 is 15.1 Å². The number of furan rings is 1. The highest BCUT2D eigenvalue weighted by Crippen LogP contribution is 2.25. The summed E-state index contributed by atoms with van der Waals surface area (Å²) in [5, 5.41) is 7.37. The average molecular weight is 246 g/mol. The SMILES string of the molecule is Cc1ccc(-c2cc(N3CCCC(N)C3)n[nH]2)o1. The van der Waals surface area contributed by atoms with Crippen LogP contribution in [0.5, 0.6) is 0 Å². The van der Waals surface area contributed by atoms with Crippen LogP contribution in [0.15, 0.2) is 22.6 Å². The molecular formula is C13H18N4O. The van der Waals surface area contributed by atoms with Gasteiger partial charge in [-0.15, -0.1) is 0 Å². The summed E-state index contributed by atoms with van der Waals surface area (Å²) in [7, 11) is 0. The van der Waals surface area contributed by atoms with Crippen LogP contribution in [-0.4, -0.2) is 29.3 Å². The fraction of sp³-hybridized carbons (Fsp3) is 0.462. The van der Waals surface area contributed by atoms with Crippen LogP contribution in [0.4, 0.5) is 5.82 Å². The molecule has 96 valence electrons. The number of aromatic amines is 1. The van der Waals surface area contributed by atoms with Crippen molar-refractivity contribution in [2.24, 2.45) is 5.73 Å². The summed E-state index contributed by atoms with van der Waals surface area (Å²) < 4.78 is 5.58. The molecule has 0 radical (unpaired) electrons. The molecule has 18 heavy (non-hydrogen) atoms. The van der Waals surface area contributed by atoms with Crippen LogP contribution >= 0.6 is 0 Å². The van der Waals surface area contributed by atoms with E-state index < -0.39 is 0 Å². The molecule has 1 fully saturated rings. The number of piperidine rings is 1. The van der Waals surface area contributed by atoms with Gasteiger partial charge in [-0.1, -0.05) is 0 Å². The molecule has 5 heteroatoms. The first-order chi connectivity index (χ1) is 8.72. The van der Waals surface area contributed by atoms with Crippen molar-refractivity contribution in [1.82, 2.24) is 10.2 Å². The standard InChI is InChI=1S/C13H18N4O/c1-9-4-5-12(18-9)11-7-13(16-15-11)17-6-2-3-10(14)8-17/h4-5,7,10H,2-3,6,8,14H2,1H3,(H,15,16). The Morgan fingerprint density at radius 2 is 2.39 bits per heavy atom. The van der Waals surface area contributed by atoms with Crippen molar-refractivity contribution in [1.29, 1.82) is 0 Å². The van der Waals surface area contributed by atoms with E-state index in [-0.39, 0.29) is 6.04 Å². The number of nitrogens with zero attached hydrogens (tertiary/aromatic N) is 2. The van der Waals surface area contributed by atoms with Gasteiger partial charge in [-0.3, -0.25) is 5.10 Å². The topological polar surface area (TPSA) is 71.1 Å². The normalized spacial score (nSPS) is 20.3. The second-order valence-corrected chi connectivity index (χ2v) is 4.90. The van der Waals surface area contributed by atoms with Crippen LogP contribution in [0.25, 0.3) is 11.5 Å². The maximum Gasteiger partial charge on any atom is 0.152 e. The number of H-pyrrole nitrogens is 1. The lowest BCUT2D eigenvalue weighted by Crippen LogP contribution is -2.43. The maximum absolute atomic E-state index is 5.99. The molecule has 3 N–H and O–H groups in total. The van der Waals surface area contributed by atoms with Crippen molar-refractivity contribution >= 4 is 5.82 Å². The largest absolute Gasteiger partial charge is 0.460 e. The predicted octanol–water partition coefficient (Wildman–Crippen LogP) is 1.91. The van der Waals surface area contributed by atoms with Crippen molar-refractivity contribution in [3.63, 3.8) is 0 Å². The number of hydrogen-bond acceptors (Lipinski definition) is 4. The van der Waals surface area contributed by atoms with Gasteiger partial charge in [0, 0.05) is 25.2 Å². The Morgan fingerprint density at radius 1 is 1.50 bits per heavy atom. The van der Waals surface area contributed by atoms with E-state index in [1.165, 1.54) is 0 Å². The molecule has 5 nitrogen and oxygen atoms in total. The molecule has 0 aromatic carbocycles. The zero-order valence-electron chi connectivity index (χ0n) is 10.5. The third kappa shape index (κ3) is 2.13. The minimum Gasteiger partial charge on any atom is -0.460 e. The Labute approximate surface area is 106 Å². The average Bonchev–Trinajstić information content (AvgIpc) is 2.97. The second kappa shape index (κ2) is 4.49. The summed E-state index contributed by atoms with van der Waals surface area (Å²) in [5.74, 6) is 2.68. The van der Waals surface area contributed by atoms with Crippen LogP contribution in [0.1, 0.15) is 18.6 Å². The number of rotatable bonds is 2. The number of anilines is 1. The summed E-state index contributed by atoms with van der Waals surface area (Å²) in [6.07, 6.45) is 2.23. The van der Waals surface area contributed by atoms with Crippen molar-refractivity contribution in [3.8, 4) is 11.5 Å². The van der Waals surface area contributed by atoms with Gasteiger partial charge in [0.15, 0.2) is 11.6 Å². The number of nitrogens with one attached hydrogen (secondary N) is 1. The summed E-state index contributed by atoms with van der Waals surface area (Å²) in [6, 6.07) is 6.18. The van der Waals surface area contributed by atoms with E-state index >= 15 is 0 Å². The molecule has 0 bridgehead atoms. The summed E-state index contributed by atoms with van der Waals surface area (Å²) in [5.41, 5.74) is 6.90. The van der Waals surface area contributed by atoms with Crippen molar-refractivity contribution in [3.05, 3.63) is 24.0 Å². The first-order valence-electron chi connectivity index (χ1n) is 6.35. The first-order valence-corrected chi connectivity index (χ1v) is 6.35. The van der Waals surface area contributed by atoms with Gasteiger partial charge in [-0.05, 0) is 31.9 Å². The molecule has 1 saturated heterocycles. The number of aromatic nitrogens is 2.